The van der Waals surface area contributed by atoms with E-state index in [2.05, 4.69) is 13.2 Å². The van der Waals surface area contributed by atoms with Crippen molar-refractivity contribution in [3.05, 3.63) is 24.3 Å². The summed E-state index contributed by atoms with van der Waals surface area (Å²) in [5, 5.41) is 0. The minimum Gasteiger partial charge on any atom is -0.0999 e. The fourth-order valence-corrected chi connectivity index (χ4v) is 2.73. The molecule has 0 N–H and O–H groups in total. The molecule has 0 heteroatoms. The highest BCUT2D eigenvalue weighted by molar-refractivity contribution is 5.09. The third-order valence-corrected chi connectivity index (χ3v) is 3.51. The lowest BCUT2D eigenvalue weighted by molar-refractivity contribution is 0.232. The van der Waals surface area contributed by atoms with E-state index >= 15 is 0 Å². The molecule has 0 aromatic carbocycles. The summed E-state index contributed by atoms with van der Waals surface area (Å²) in [5.74, 6) is 1.91. The van der Waals surface area contributed by atoms with Gasteiger partial charge in [0.15, 0.2) is 0 Å². The lowest BCUT2D eigenvalue weighted by atomic mass is 9.68. The van der Waals surface area contributed by atoms with E-state index in [4.69, 9.17) is 0 Å². The summed E-state index contributed by atoms with van der Waals surface area (Å²) < 4.78 is 0. The first-order chi connectivity index (χ1) is 5.75. The van der Waals surface area contributed by atoms with Crippen LogP contribution >= 0.6 is 0 Å². The lowest BCUT2D eigenvalue weighted by Gasteiger charge is -2.37. The first-order valence-corrected chi connectivity index (χ1v) is 5.09. The molecular formula is C12H18. The third kappa shape index (κ3) is 1.48. The Morgan fingerprint density at radius 3 is 1.67 bits per heavy atom. The molecule has 2 unspecified atom stereocenters. The smallest absolute Gasteiger partial charge is 0.0292 e. The molecule has 2 aliphatic carbocycles. The van der Waals surface area contributed by atoms with Crippen molar-refractivity contribution in [1.29, 1.82) is 0 Å². The van der Waals surface area contributed by atoms with Gasteiger partial charge in [-0.1, -0.05) is 24.3 Å². The topological polar surface area (TPSA) is 0 Å². The summed E-state index contributed by atoms with van der Waals surface area (Å²) in [5.41, 5.74) is 2.98. The largest absolute Gasteiger partial charge is 0.0999 e. The second-order valence-electron chi connectivity index (χ2n) is 4.51. The Bertz CT molecular complexity index is 188. The SMILES string of the molecule is C=C1CCC2CC(=C)CCC2C1. The monoisotopic (exact) mass is 162 g/mol. The summed E-state index contributed by atoms with van der Waals surface area (Å²) in [6.45, 7) is 8.20. The van der Waals surface area contributed by atoms with Crippen molar-refractivity contribution in [3.8, 4) is 0 Å². The van der Waals surface area contributed by atoms with Gasteiger partial charge in [-0.3, -0.25) is 0 Å². The van der Waals surface area contributed by atoms with Crippen molar-refractivity contribution in [2.24, 2.45) is 11.8 Å². The van der Waals surface area contributed by atoms with Crippen LogP contribution in [0.3, 0.4) is 0 Å². The zero-order chi connectivity index (χ0) is 8.55. The van der Waals surface area contributed by atoms with Gasteiger partial charge < -0.3 is 0 Å². The minimum absolute atomic E-state index is 0.955. The van der Waals surface area contributed by atoms with Crippen molar-refractivity contribution >= 4 is 0 Å². The standard InChI is InChI=1S/C12H18/c1-9-3-5-12-8-10(2)4-6-11(12)7-9/h11-12H,1-8H2. The summed E-state index contributed by atoms with van der Waals surface area (Å²) in [4.78, 5) is 0. The number of hydrogen-bond acceptors (Lipinski definition) is 0. The quantitative estimate of drug-likeness (QED) is 0.476. The molecule has 2 atom stereocenters. The van der Waals surface area contributed by atoms with E-state index in [0.29, 0.717) is 0 Å². The van der Waals surface area contributed by atoms with E-state index in [9.17, 15) is 0 Å². The van der Waals surface area contributed by atoms with Gasteiger partial charge in [0.25, 0.3) is 0 Å². The maximum Gasteiger partial charge on any atom is -0.0292 e. The van der Waals surface area contributed by atoms with Crippen LogP contribution < -0.4 is 0 Å². The van der Waals surface area contributed by atoms with E-state index < -0.39 is 0 Å². The van der Waals surface area contributed by atoms with Crippen molar-refractivity contribution in [3.63, 3.8) is 0 Å². The molecule has 0 nitrogen and oxygen atoms in total. The molecular weight excluding hydrogens is 144 g/mol. The molecule has 0 aliphatic heterocycles. The molecule has 12 heavy (non-hydrogen) atoms. The normalized spacial score (nSPS) is 36.3. The van der Waals surface area contributed by atoms with E-state index in [1.54, 1.807) is 0 Å². The van der Waals surface area contributed by atoms with Crippen molar-refractivity contribution < 1.29 is 0 Å². The zero-order valence-electron chi connectivity index (χ0n) is 7.81. The van der Waals surface area contributed by atoms with Crippen LogP contribution in [0, 0.1) is 11.8 Å². The van der Waals surface area contributed by atoms with E-state index in [0.717, 1.165) is 11.8 Å². The van der Waals surface area contributed by atoms with Crippen molar-refractivity contribution in [2.75, 3.05) is 0 Å². The predicted molar refractivity (Wildman–Crippen MR) is 53.0 cm³/mol. The molecule has 0 aromatic rings. The third-order valence-electron chi connectivity index (χ3n) is 3.51. The number of hydrogen-bond donors (Lipinski definition) is 0. The van der Waals surface area contributed by atoms with Gasteiger partial charge >= 0.3 is 0 Å². The zero-order valence-corrected chi connectivity index (χ0v) is 7.81. The highest BCUT2D eigenvalue weighted by Crippen LogP contribution is 2.43. The second-order valence-corrected chi connectivity index (χ2v) is 4.51. The maximum absolute atomic E-state index is 4.10. The Hall–Kier alpha value is -0.520. The Morgan fingerprint density at radius 1 is 0.833 bits per heavy atom. The van der Waals surface area contributed by atoms with E-state index in [-0.39, 0.29) is 0 Å². The van der Waals surface area contributed by atoms with Crippen LogP contribution in [0.2, 0.25) is 0 Å². The van der Waals surface area contributed by atoms with Crippen LogP contribution in [0.15, 0.2) is 24.3 Å². The molecule has 0 radical (unpaired) electrons. The van der Waals surface area contributed by atoms with Gasteiger partial charge in [0.2, 0.25) is 0 Å². The molecule has 2 saturated carbocycles. The molecule has 0 saturated heterocycles. The second kappa shape index (κ2) is 3.08. The van der Waals surface area contributed by atoms with Crippen molar-refractivity contribution in [2.45, 2.75) is 38.5 Å². The van der Waals surface area contributed by atoms with E-state index in [1.807, 2.05) is 0 Å². The Morgan fingerprint density at radius 2 is 1.25 bits per heavy atom. The molecule has 0 amide bonds. The summed E-state index contributed by atoms with van der Waals surface area (Å²) in [6.07, 6.45) is 7.91. The van der Waals surface area contributed by atoms with Crippen LogP contribution in [0.5, 0.6) is 0 Å². The average Bonchev–Trinajstić information content (AvgIpc) is 2.05. The average molecular weight is 162 g/mol. The summed E-state index contributed by atoms with van der Waals surface area (Å²) in [7, 11) is 0. The van der Waals surface area contributed by atoms with Crippen LogP contribution in [-0.4, -0.2) is 0 Å². The van der Waals surface area contributed by atoms with E-state index in [1.165, 1.54) is 49.7 Å². The van der Waals surface area contributed by atoms with Crippen LogP contribution in [0.1, 0.15) is 38.5 Å². The molecule has 0 spiro atoms. The first-order valence-electron chi connectivity index (χ1n) is 5.09. The first kappa shape index (κ1) is 8.10. The van der Waals surface area contributed by atoms with Gasteiger partial charge in [-0.15, -0.1) is 0 Å². The molecule has 0 bridgehead atoms. The highest BCUT2D eigenvalue weighted by Gasteiger charge is 2.29. The summed E-state index contributed by atoms with van der Waals surface area (Å²) >= 11 is 0. The van der Waals surface area contributed by atoms with Crippen LogP contribution in [0.4, 0.5) is 0 Å². The Balaban J connectivity index is 2.02. The van der Waals surface area contributed by atoms with Gasteiger partial charge in [-0.2, -0.15) is 0 Å². The fraction of sp³-hybridized carbons (Fsp3) is 0.667. The Kier molecular flexibility index (Phi) is 2.08. The van der Waals surface area contributed by atoms with Gasteiger partial charge in [0, 0.05) is 0 Å². The van der Waals surface area contributed by atoms with Gasteiger partial charge in [0.05, 0.1) is 0 Å². The van der Waals surface area contributed by atoms with Gasteiger partial charge in [0.1, 0.15) is 0 Å². The van der Waals surface area contributed by atoms with Crippen LogP contribution in [-0.2, 0) is 0 Å². The molecule has 0 aromatic heterocycles. The molecule has 2 fully saturated rings. The highest BCUT2D eigenvalue weighted by atomic mass is 14.3. The summed E-state index contributed by atoms with van der Waals surface area (Å²) in [6, 6.07) is 0. The molecule has 2 rings (SSSR count). The molecule has 66 valence electrons. The van der Waals surface area contributed by atoms with Gasteiger partial charge in [-0.25, -0.2) is 0 Å². The Labute approximate surface area is 75.4 Å². The number of allylic oxidation sites excluding steroid dienone is 2. The fourth-order valence-electron chi connectivity index (χ4n) is 2.73. The number of fused-ring (bicyclic) bond motifs is 1. The molecule has 0 heterocycles. The number of rotatable bonds is 0. The minimum atomic E-state index is 0.955. The van der Waals surface area contributed by atoms with Gasteiger partial charge in [-0.05, 0) is 50.4 Å². The lowest BCUT2D eigenvalue weighted by Crippen LogP contribution is -2.24. The van der Waals surface area contributed by atoms with Crippen molar-refractivity contribution in [1.82, 2.24) is 0 Å². The maximum atomic E-state index is 4.10. The predicted octanol–water partition coefficient (Wildman–Crippen LogP) is 3.70. The van der Waals surface area contributed by atoms with Crippen LogP contribution in [0.25, 0.3) is 0 Å². The molecule has 2 aliphatic rings.